The Balaban J connectivity index is 1.32. The van der Waals surface area contributed by atoms with E-state index >= 15 is 4.39 Å². The van der Waals surface area contributed by atoms with Gasteiger partial charge in [0.15, 0.2) is 17.4 Å². The fourth-order valence-electron chi connectivity index (χ4n) is 4.91. The summed E-state index contributed by atoms with van der Waals surface area (Å²) in [6, 6.07) is 19.2. The highest BCUT2D eigenvalue weighted by Crippen LogP contribution is 2.28. The molecule has 0 spiro atoms. The highest BCUT2D eigenvalue weighted by molar-refractivity contribution is 5.84. The molecule has 218 valence electrons. The predicted molar refractivity (Wildman–Crippen MR) is 152 cm³/mol. The molecule has 0 aliphatic rings. The fraction of sp³-hybridized carbons (Fsp3) is 0.353. The van der Waals surface area contributed by atoms with Crippen molar-refractivity contribution in [1.29, 1.82) is 0 Å². The van der Waals surface area contributed by atoms with E-state index in [1.165, 1.54) is 31.2 Å². The molecular formula is C34H35F5O2. The van der Waals surface area contributed by atoms with Crippen LogP contribution in [0.1, 0.15) is 61.3 Å². The Labute approximate surface area is 238 Å². The minimum atomic E-state index is -3.33. The lowest BCUT2D eigenvalue weighted by molar-refractivity contribution is -0.0546. The zero-order valence-electron chi connectivity index (χ0n) is 23.2. The first-order valence-corrected chi connectivity index (χ1v) is 14.2. The van der Waals surface area contributed by atoms with Crippen molar-refractivity contribution in [3.8, 4) is 11.5 Å². The number of benzene rings is 4. The number of halogens is 5. The predicted octanol–water partition coefficient (Wildman–Crippen LogP) is 9.78. The lowest BCUT2D eigenvalue weighted by Gasteiger charge is -2.11. The maximum Gasteiger partial charge on any atom is 0.387 e. The first-order chi connectivity index (χ1) is 19.8. The first-order valence-electron chi connectivity index (χ1n) is 14.2. The molecule has 4 aromatic carbocycles. The molecule has 4 rings (SSSR count). The molecule has 0 saturated carbocycles. The second-order valence-corrected chi connectivity index (χ2v) is 10.3. The topological polar surface area (TPSA) is 18.5 Å². The lowest BCUT2D eigenvalue weighted by Crippen LogP contribution is -2.06. The van der Waals surface area contributed by atoms with Crippen LogP contribution in [0.3, 0.4) is 0 Å². The Morgan fingerprint density at radius 2 is 1.32 bits per heavy atom. The average molecular weight is 571 g/mol. The largest absolute Gasteiger partial charge is 0.494 e. The molecule has 0 heterocycles. The standard InChI is InChI=1S/C34H35F5O2/c1-2-3-4-5-6-19-40-28-16-10-23(11-17-28)7-8-24-12-18-29-27(20-24)15-14-26(32(29)37)13-9-25-21-30(35)33(31(36)22-25)41-34(38)39/h10-12,14-18,20-22,34H,2-9,13,19H2,1H3. The van der Waals surface area contributed by atoms with E-state index < -0.39 is 24.0 Å². The van der Waals surface area contributed by atoms with Gasteiger partial charge in [-0.25, -0.2) is 13.2 Å². The van der Waals surface area contributed by atoms with E-state index in [1.807, 2.05) is 30.3 Å². The maximum atomic E-state index is 15.3. The van der Waals surface area contributed by atoms with Gasteiger partial charge in [0.05, 0.1) is 6.61 Å². The number of hydrogen-bond donors (Lipinski definition) is 0. The maximum absolute atomic E-state index is 15.3. The van der Waals surface area contributed by atoms with Gasteiger partial charge in [0, 0.05) is 5.39 Å². The van der Waals surface area contributed by atoms with Gasteiger partial charge < -0.3 is 9.47 Å². The van der Waals surface area contributed by atoms with Crippen LogP contribution in [-0.2, 0) is 25.7 Å². The Morgan fingerprint density at radius 1 is 0.659 bits per heavy atom. The van der Waals surface area contributed by atoms with E-state index in [0.29, 0.717) is 10.9 Å². The zero-order valence-corrected chi connectivity index (χ0v) is 23.2. The van der Waals surface area contributed by atoms with Crippen molar-refractivity contribution in [2.45, 2.75) is 71.3 Å². The zero-order chi connectivity index (χ0) is 29.2. The van der Waals surface area contributed by atoms with Gasteiger partial charge in [0.1, 0.15) is 11.6 Å². The van der Waals surface area contributed by atoms with Crippen LogP contribution in [0, 0.1) is 17.5 Å². The molecule has 4 aromatic rings. The van der Waals surface area contributed by atoms with Gasteiger partial charge in [0.2, 0.25) is 0 Å². The van der Waals surface area contributed by atoms with E-state index in [1.54, 1.807) is 12.1 Å². The number of ether oxygens (including phenoxy) is 2. The third kappa shape index (κ3) is 8.69. The summed E-state index contributed by atoms with van der Waals surface area (Å²) in [6.45, 7) is -0.391. The van der Waals surface area contributed by atoms with Crippen molar-refractivity contribution in [2.75, 3.05) is 6.61 Å². The monoisotopic (exact) mass is 570 g/mol. The molecular weight excluding hydrogens is 535 g/mol. The molecule has 7 heteroatoms. The number of aryl methyl sites for hydroxylation is 4. The number of unbranched alkanes of at least 4 members (excludes halogenated alkanes) is 4. The summed E-state index contributed by atoms with van der Waals surface area (Å²) < 4.78 is 77.7. The van der Waals surface area contributed by atoms with Crippen molar-refractivity contribution >= 4 is 10.8 Å². The van der Waals surface area contributed by atoms with E-state index in [0.717, 1.165) is 54.7 Å². The van der Waals surface area contributed by atoms with E-state index in [-0.39, 0.29) is 24.2 Å². The Kier molecular flexibility index (Phi) is 11.0. The summed E-state index contributed by atoms with van der Waals surface area (Å²) in [4.78, 5) is 0. The van der Waals surface area contributed by atoms with Crippen molar-refractivity contribution in [1.82, 2.24) is 0 Å². The van der Waals surface area contributed by atoms with Crippen LogP contribution in [0.15, 0.2) is 66.7 Å². The third-order valence-corrected chi connectivity index (χ3v) is 7.19. The smallest absolute Gasteiger partial charge is 0.387 e. The number of alkyl halides is 2. The normalized spacial score (nSPS) is 11.4. The Bertz CT molecular complexity index is 1400. The van der Waals surface area contributed by atoms with Gasteiger partial charge in [-0.05, 0) is 84.0 Å². The van der Waals surface area contributed by atoms with Crippen LogP contribution >= 0.6 is 0 Å². The van der Waals surface area contributed by atoms with E-state index in [4.69, 9.17) is 4.74 Å². The second-order valence-electron chi connectivity index (χ2n) is 10.3. The molecule has 2 nitrogen and oxygen atoms in total. The number of rotatable bonds is 15. The molecule has 0 fully saturated rings. The minimum absolute atomic E-state index is 0.131. The average Bonchev–Trinajstić information content (AvgIpc) is 2.96. The molecule has 0 radical (unpaired) electrons. The van der Waals surface area contributed by atoms with Crippen molar-refractivity contribution in [2.24, 2.45) is 0 Å². The van der Waals surface area contributed by atoms with Gasteiger partial charge in [-0.3, -0.25) is 0 Å². The van der Waals surface area contributed by atoms with E-state index in [2.05, 4.69) is 23.8 Å². The van der Waals surface area contributed by atoms with Crippen LogP contribution in [0.5, 0.6) is 11.5 Å². The van der Waals surface area contributed by atoms with Gasteiger partial charge >= 0.3 is 6.61 Å². The first kappa shape index (κ1) is 30.4. The van der Waals surface area contributed by atoms with Gasteiger partial charge in [-0.15, -0.1) is 0 Å². The second kappa shape index (κ2) is 14.9. The van der Waals surface area contributed by atoms with Gasteiger partial charge in [-0.1, -0.05) is 75.1 Å². The molecule has 0 atom stereocenters. The van der Waals surface area contributed by atoms with Crippen LogP contribution < -0.4 is 9.47 Å². The highest BCUT2D eigenvalue weighted by atomic mass is 19.3. The van der Waals surface area contributed by atoms with Crippen LogP contribution in [0.2, 0.25) is 0 Å². The van der Waals surface area contributed by atoms with Gasteiger partial charge in [0.25, 0.3) is 0 Å². The summed E-state index contributed by atoms with van der Waals surface area (Å²) in [7, 11) is 0. The molecule has 0 saturated heterocycles. The van der Waals surface area contributed by atoms with Crippen molar-refractivity contribution in [3.05, 3.63) is 106 Å². The van der Waals surface area contributed by atoms with Crippen molar-refractivity contribution < 1.29 is 31.4 Å². The van der Waals surface area contributed by atoms with E-state index in [9.17, 15) is 17.6 Å². The molecule has 0 amide bonds. The van der Waals surface area contributed by atoms with Crippen LogP contribution in [0.25, 0.3) is 10.8 Å². The molecule has 41 heavy (non-hydrogen) atoms. The van der Waals surface area contributed by atoms with Gasteiger partial charge in [-0.2, -0.15) is 8.78 Å². The number of hydrogen-bond acceptors (Lipinski definition) is 2. The number of fused-ring (bicyclic) bond motifs is 1. The quantitative estimate of drug-likeness (QED) is 0.105. The Hall–Kier alpha value is -3.61. The summed E-state index contributed by atoms with van der Waals surface area (Å²) in [5.41, 5.74) is 2.92. The summed E-state index contributed by atoms with van der Waals surface area (Å²) in [5, 5.41) is 1.25. The minimum Gasteiger partial charge on any atom is -0.494 e. The third-order valence-electron chi connectivity index (χ3n) is 7.19. The lowest BCUT2D eigenvalue weighted by atomic mass is 9.97. The summed E-state index contributed by atoms with van der Waals surface area (Å²) in [5.74, 6) is -3.05. The SMILES string of the molecule is CCCCCCCOc1ccc(CCc2ccc3c(F)c(CCc4cc(F)c(OC(F)F)c(F)c4)ccc3c2)cc1. The molecule has 0 aliphatic carbocycles. The molecule has 0 aliphatic heterocycles. The highest BCUT2D eigenvalue weighted by Gasteiger charge is 2.17. The molecule has 0 aromatic heterocycles. The fourth-order valence-corrected chi connectivity index (χ4v) is 4.91. The molecule has 0 unspecified atom stereocenters. The van der Waals surface area contributed by atoms with Crippen molar-refractivity contribution in [3.63, 3.8) is 0 Å². The summed E-state index contributed by atoms with van der Waals surface area (Å²) >= 11 is 0. The van der Waals surface area contributed by atoms with Crippen LogP contribution in [-0.4, -0.2) is 13.2 Å². The summed E-state index contributed by atoms with van der Waals surface area (Å²) in [6.07, 6.45) is 8.00. The Morgan fingerprint density at radius 3 is 2.02 bits per heavy atom. The molecule has 0 bridgehead atoms. The molecule has 0 N–H and O–H groups in total. The van der Waals surface area contributed by atoms with Crippen LogP contribution in [0.4, 0.5) is 22.0 Å².